The molecule has 2 aliphatic heterocycles. The van der Waals surface area contributed by atoms with Crippen LogP contribution in [0.4, 0.5) is 5.69 Å². The van der Waals surface area contributed by atoms with Gasteiger partial charge in [-0.3, -0.25) is 4.79 Å². The highest BCUT2D eigenvalue weighted by atomic mass is 16.6. The molecule has 2 heterocycles. The second kappa shape index (κ2) is 6.95. The highest BCUT2D eigenvalue weighted by Crippen LogP contribution is 2.39. The molecule has 0 bridgehead atoms. The topological polar surface area (TPSA) is 63.2 Å². The number of hydrogen-bond donors (Lipinski definition) is 1. The SMILES string of the molecule is CON=C1CCN2c3c(cccc31)C(=O)NC2c1ccc(OC(C)C)cc1. The van der Waals surface area contributed by atoms with E-state index in [2.05, 4.69) is 15.4 Å². The maximum absolute atomic E-state index is 12.8. The van der Waals surface area contributed by atoms with Crippen molar-refractivity contribution < 1.29 is 14.4 Å². The van der Waals surface area contributed by atoms with E-state index in [0.717, 1.165) is 41.2 Å². The number of benzene rings is 2. The van der Waals surface area contributed by atoms with E-state index in [0.29, 0.717) is 5.56 Å². The first-order valence-electron chi connectivity index (χ1n) is 9.16. The Morgan fingerprint density at radius 3 is 2.59 bits per heavy atom. The molecule has 0 saturated heterocycles. The number of para-hydroxylation sites is 1. The molecule has 27 heavy (non-hydrogen) atoms. The minimum Gasteiger partial charge on any atom is -0.491 e. The average Bonchev–Trinajstić information content (AvgIpc) is 2.66. The summed E-state index contributed by atoms with van der Waals surface area (Å²) in [7, 11) is 1.55. The van der Waals surface area contributed by atoms with Crippen LogP contribution in [-0.4, -0.2) is 31.4 Å². The number of carbonyl (C=O) groups is 1. The summed E-state index contributed by atoms with van der Waals surface area (Å²) in [4.78, 5) is 20.0. The Hall–Kier alpha value is -3.02. The van der Waals surface area contributed by atoms with Crippen LogP contribution in [0, 0.1) is 0 Å². The number of rotatable bonds is 4. The van der Waals surface area contributed by atoms with Crippen molar-refractivity contribution in [2.24, 2.45) is 5.16 Å². The number of anilines is 1. The van der Waals surface area contributed by atoms with Gasteiger partial charge in [-0.1, -0.05) is 29.4 Å². The van der Waals surface area contributed by atoms with Gasteiger partial charge in [-0.2, -0.15) is 0 Å². The van der Waals surface area contributed by atoms with Crippen LogP contribution in [0.1, 0.15) is 47.9 Å². The van der Waals surface area contributed by atoms with Crippen molar-refractivity contribution in [3.63, 3.8) is 0 Å². The number of ether oxygens (including phenoxy) is 1. The molecule has 0 aromatic heterocycles. The number of carbonyl (C=O) groups excluding carboxylic acids is 1. The zero-order chi connectivity index (χ0) is 19.0. The van der Waals surface area contributed by atoms with E-state index >= 15 is 0 Å². The van der Waals surface area contributed by atoms with Crippen molar-refractivity contribution >= 4 is 17.3 Å². The van der Waals surface area contributed by atoms with Crippen LogP contribution in [-0.2, 0) is 4.84 Å². The van der Waals surface area contributed by atoms with Gasteiger partial charge in [0.2, 0.25) is 0 Å². The van der Waals surface area contributed by atoms with Crippen LogP contribution < -0.4 is 15.0 Å². The Balaban J connectivity index is 1.73. The summed E-state index contributed by atoms with van der Waals surface area (Å²) in [5.74, 6) is 0.749. The fourth-order valence-electron chi connectivity index (χ4n) is 3.75. The third-order valence-corrected chi connectivity index (χ3v) is 4.82. The molecule has 1 atom stereocenters. The van der Waals surface area contributed by atoms with Gasteiger partial charge in [0.05, 0.1) is 23.1 Å². The molecular weight excluding hydrogens is 342 g/mol. The maximum atomic E-state index is 12.8. The molecule has 0 fully saturated rings. The summed E-state index contributed by atoms with van der Waals surface area (Å²) in [6.45, 7) is 4.75. The number of amides is 1. The van der Waals surface area contributed by atoms with E-state index in [9.17, 15) is 4.79 Å². The molecular formula is C21H23N3O3. The van der Waals surface area contributed by atoms with Crippen LogP contribution in [0.2, 0.25) is 0 Å². The van der Waals surface area contributed by atoms with E-state index in [-0.39, 0.29) is 18.2 Å². The predicted octanol–water partition coefficient (Wildman–Crippen LogP) is 3.48. The first-order valence-corrected chi connectivity index (χ1v) is 9.16. The van der Waals surface area contributed by atoms with Gasteiger partial charge in [0.1, 0.15) is 19.0 Å². The van der Waals surface area contributed by atoms with Crippen LogP contribution in [0.25, 0.3) is 0 Å². The number of nitrogens with one attached hydrogen (secondary N) is 1. The van der Waals surface area contributed by atoms with Gasteiger partial charge in [0.15, 0.2) is 0 Å². The molecule has 140 valence electrons. The molecule has 0 radical (unpaired) electrons. The van der Waals surface area contributed by atoms with Gasteiger partial charge in [-0.05, 0) is 37.6 Å². The largest absolute Gasteiger partial charge is 0.491 e. The lowest BCUT2D eigenvalue weighted by Crippen LogP contribution is -2.49. The standard InChI is InChI=1S/C21H23N3O3/c1-13(2)27-15-9-7-14(8-10-15)20-22-21(25)17-6-4-5-16-18(23-26-3)11-12-24(20)19(16)17/h4-10,13,20H,11-12H2,1-3H3,(H,22,25). The highest BCUT2D eigenvalue weighted by molar-refractivity contribution is 6.13. The van der Waals surface area contributed by atoms with Gasteiger partial charge in [0, 0.05) is 18.5 Å². The Kier molecular flexibility index (Phi) is 4.48. The van der Waals surface area contributed by atoms with Crippen molar-refractivity contribution in [1.29, 1.82) is 0 Å². The zero-order valence-corrected chi connectivity index (χ0v) is 15.7. The Labute approximate surface area is 158 Å². The van der Waals surface area contributed by atoms with Crippen molar-refractivity contribution in [3.05, 3.63) is 59.2 Å². The number of oxime groups is 1. The highest BCUT2D eigenvalue weighted by Gasteiger charge is 2.37. The number of nitrogens with zero attached hydrogens (tertiary/aromatic N) is 2. The van der Waals surface area contributed by atoms with E-state index < -0.39 is 0 Å². The molecule has 2 aromatic carbocycles. The molecule has 6 nitrogen and oxygen atoms in total. The van der Waals surface area contributed by atoms with E-state index in [1.807, 2.05) is 56.3 Å². The van der Waals surface area contributed by atoms with E-state index in [4.69, 9.17) is 9.57 Å². The number of hydrogen-bond acceptors (Lipinski definition) is 5. The van der Waals surface area contributed by atoms with Gasteiger partial charge < -0.3 is 19.8 Å². The quantitative estimate of drug-likeness (QED) is 0.843. The summed E-state index contributed by atoms with van der Waals surface area (Å²) >= 11 is 0. The van der Waals surface area contributed by atoms with Crippen molar-refractivity contribution in [2.45, 2.75) is 32.5 Å². The van der Waals surface area contributed by atoms with Gasteiger partial charge in [-0.15, -0.1) is 0 Å². The summed E-state index contributed by atoms with van der Waals surface area (Å²) in [6.07, 6.45) is 0.661. The molecule has 1 unspecified atom stereocenters. The van der Waals surface area contributed by atoms with Gasteiger partial charge in [0.25, 0.3) is 5.91 Å². The molecule has 1 N–H and O–H groups in total. The fraction of sp³-hybridized carbons (Fsp3) is 0.333. The summed E-state index contributed by atoms with van der Waals surface area (Å²) in [5, 5.41) is 7.30. The Morgan fingerprint density at radius 1 is 1.15 bits per heavy atom. The van der Waals surface area contributed by atoms with Gasteiger partial charge in [-0.25, -0.2) is 0 Å². The monoisotopic (exact) mass is 365 g/mol. The normalized spacial score (nSPS) is 19.7. The molecule has 0 saturated carbocycles. The predicted molar refractivity (Wildman–Crippen MR) is 104 cm³/mol. The van der Waals surface area contributed by atoms with Crippen molar-refractivity contribution in [3.8, 4) is 5.75 Å². The first-order chi connectivity index (χ1) is 13.1. The van der Waals surface area contributed by atoms with Crippen molar-refractivity contribution in [2.75, 3.05) is 18.6 Å². The third kappa shape index (κ3) is 3.12. The lowest BCUT2D eigenvalue weighted by atomic mass is 9.92. The molecule has 6 heteroatoms. The Bertz CT molecular complexity index is 890. The van der Waals surface area contributed by atoms with Crippen LogP contribution in [0.15, 0.2) is 47.6 Å². The maximum Gasteiger partial charge on any atom is 0.255 e. The molecule has 2 aromatic rings. The zero-order valence-electron chi connectivity index (χ0n) is 15.7. The second-order valence-corrected chi connectivity index (χ2v) is 6.98. The molecule has 4 rings (SSSR count). The lowest BCUT2D eigenvalue weighted by Gasteiger charge is -2.42. The van der Waals surface area contributed by atoms with Crippen LogP contribution in [0.3, 0.4) is 0 Å². The van der Waals surface area contributed by atoms with E-state index in [1.165, 1.54) is 0 Å². The van der Waals surface area contributed by atoms with Crippen LogP contribution in [0.5, 0.6) is 5.75 Å². The molecule has 2 aliphatic rings. The summed E-state index contributed by atoms with van der Waals surface area (Å²) in [6, 6.07) is 13.7. The minimum atomic E-state index is -0.219. The smallest absolute Gasteiger partial charge is 0.255 e. The fourth-order valence-corrected chi connectivity index (χ4v) is 3.75. The molecule has 0 aliphatic carbocycles. The van der Waals surface area contributed by atoms with Gasteiger partial charge >= 0.3 is 0 Å². The van der Waals surface area contributed by atoms with E-state index in [1.54, 1.807) is 7.11 Å². The van der Waals surface area contributed by atoms with Crippen molar-refractivity contribution in [1.82, 2.24) is 5.32 Å². The average molecular weight is 365 g/mol. The summed E-state index contributed by atoms with van der Waals surface area (Å²) in [5.41, 5.74) is 4.45. The summed E-state index contributed by atoms with van der Waals surface area (Å²) < 4.78 is 5.73. The third-order valence-electron chi connectivity index (χ3n) is 4.82. The second-order valence-electron chi connectivity index (χ2n) is 6.98. The molecule has 0 spiro atoms. The Morgan fingerprint density at radius 2 is 1.89 bits per heavy atom. The van der Waals surface area contributed by atoms with Crippen LogP contribution >= 0.6 is 0 Å². The lowest BCUT2D eigenvalue weighted by molar-refractivity contribution is 0.0926. The molecule has 1 amide bonds. The minimum absolute atomic E-state index is 0.0747. The first kappa shape index (κ1) is 17.4.